The van der Waals surface area contributed by atoms with E-state index < -0.39 is 5.60 Å². The average Bonchev–Trinajstić information content (AvgIpc) is 2.32. The van der Waals surface area contributed by atoms with Gasteiger partial charge in [-0.1, -0.05) is 6.07 Å². The van der Waals surface area contributed by atoms with E-state index in [0.29, 0.717) is 12.2 Å². The van der Waals surface area contributed by atoms with Crippen LogP contribution in [-0.2, 0) is 4.79 Å². The minimum absolute atomic E-state index is 0.184. The van der Waals surface area contributed by atoms with Crippen molar-refractivity contribution in [2.75, 3.05) is 25.0 Å². The second-order valence-corrected chi connectivity index (χ2v) is 5.82. The van der Waals surface area contributed by atoms with Crippen molar-refractivity contribution in [2.24, 2.45) is 0 Å². The summed E-state index contributed by atoms with van der Waals surface area (Å²) in [6.07, 6.45) is 1.63. The number of nitrogens with zero attached hydrogens (tertiary/aromatic N) is 1. The molecule has 0 bridgehead atoms. The zero-order valence-electron chi connectivity index (χ0n) is 11.9. The molecule has 1 unspecified atom stereocenters. The molecule has 1 aliphatic heterocycles. The van der Waals surface area contributed by atoms with Crippen LogP contribution in [0.3, 0.4) is 0 Å². The maximum atomic E-state index is 13.2. The molecule has 4 nitrogen and oxygen atoms in total. The van der Waals surface area contributed by atoms with Crippen molar-refractivity contribution in [3.05, 3.63) is 29.6 Å². The van der Waals surface area contributed by atoms with Crippen molar-refractivity contribution in [1.82, 2.24) is 4.90 Å². The summed E-state index contributed by atoms with van der Waals surface area (Å²) in [4.78, 5) is 13.9. The highest BCUT2D eigenvalue weighted by Crippen LogP contribution is 2.20. The molecule has 1 aromatic carbocycles. The van der Waals surface area contributed by atoms with Crippen molar-refractivity contribution < 1.29 is 14.3 Å². The van der Waals surface area contributed by atoms with E-state index >= 15 is 0 Å². The predicted molar refractivity (Wildman–Crippen MR) is 76.1 cm³/mol. The molecule has 1 atom stereocenters. The van der Waals surface area contributed by atoms with Crippen molar-refractivity contribution in [2.45, 2.75) is 32.3 Å². The highest BCUT2D eigenvalue weighted by molar-refractivity contribution is 5.92. The van der Waals surface area contributed by atoms with Gasteiger partial charge in [0.25, 0.3) is 0 Å². The fourth-order valence-corrected chi connectivity index (χ4v) is 2.58. The number of anilines is 1. The first-order valence-corrected chi connectivity index (χ1v) is 6.86. The van der Waals surface area contributed by atoms with Crippen LogP contribution in [-0.4, -0.2) is 41.1 Å². The molecule has 0 radical (unpaired) electrons. The lowest BCUT2D eigenvalue weighted by molar-refractivity contribution is -0.118. The number of likely N-dealkylation sites (tertiary alicyclic amines) is 1. The number of piperidine rings is 1. The van der Waals surface area contributed by atoms with E-state index in [9.17, 15) is 14.3 Å². The van der Waals surface area contributed by atoms with Crippen LogP contribution in [0.15, 0.2) is 18.2 Å². The summed E-state index contributed by atoms with van der Waals surface area (Å²) in [5.74, 6) is -0.553. The molecular formula is C15H21FN2O2. The van der Waals surface area contributed by atoms with E-state index in [1.54, 1.807) is 13.0 Å². The second kappa shape index (κ2) is 5.89. The lowest BCUT2D eigenvalue weighted by atomic mass is 9.95. The first-order chi connectivity index (χ1) is 9.35. The molecule has 1 amide bonds. The largest absolute Gasteiger partial charge is 0.389 e. The van der Waals surface area contributed by atoms with Crippen LogP contribution < -0.4 is 5.32 Å². The third kappa shape index (κ3) is 4.02. The number of β-amino-alcohol motifs (C(OH)–C–C–N with tert-alkyl or cyclic N) is 1. The van der Waals surface area contributed by atoms with Crippen molar-refractivity contribution in [3.8, 4) is 0 Å². The molecule has 2 rings (SSSR count). The van der Waals surface area contributed by atoms with Gasteiger partial charge in [-0.15, -0.1) is 0 Å². The highest BCUT2D eigenvalue weighted by atomic mass is 19.1. The Balaban J connectivity index is 1.94. The Bertz CT molecular complexity index is 503. The van der Waals surface area contributed by atoms with Crippen LogP contribution in [0, 0.1) is 12.7 Å². The number of carbonyl (C=O) groups excluding carboxylic acids is 1. The monoisotopic (exact) mass is 280 g/mol. The second-order valence-electron chi connectivity index (χ2n) is 5.82. The zero-order chi connectivity index (χ0) is 14.8. The Morgan fingerprint density at radius 2 is 2.30 bits per heavy atom. The molecule has 1 aromatic rings. The lowest BCUT2D eigenvalue weighted by Gasteiger charge is -2.36. The van der Waals surface area contributed by atoms with Gasteiger partial charge in [0.1, 0.15) is 5.82 Å². The number of hydrogen-bond acceptors (Lipinski definition) is 3. The Kier molecular flexibility index (Phi) is 4.40. The minimum Gasteiger partial charge on any atom is -0.389 e. The Morgan fingerprint density at radius 1 is 1.55 bits per heavy atom. The first kappa shape index (κ1) is 14.9. The first-order valence-electron chi connectivity index (χ1n) is 6.86. The SMILES string of the molecule is Cc1ccc(F)cc1NC(=O)CN1CCCC(C)(O)C1. The predicted octanol–water partition coefficient (Wildman–Crippen LogP) is 1.92. The van der Waals surface area contributed by atoms with E-state index in [4.69, 9.17) is 0 Å². The number of carbonyl (C=O) groups is 1. The maximum Gasteiger partial charge on any atom is 0.238 e. The van der Waals surface area contributed by atoms with Crippen LogP contribution >= 0.6 is 0 Å². The fraction of sp³-hybridized carbons (Fsp3) is 0.533. The van der Waals surface area contributed by atoms with Crippen molar-refractivity contribution >= 4 is 11.6 Å². The van der Waals surface area contributed by atoms with E-state index in [1.165, 1.54) is 12.1 Å². The van der Waals surface area contributed by atoms with E-state index in [0.717, 1.165) is 24.9 Å². The summed E-state index contributed by atoms with van der Waals surface area (Å²) in [5, 5.41) is 12.7. The number of amides is 1. The van der Waals surface area contributed by atoms with Crippen LogP contribution in [0.25, 0.3) is 0 Å². The summed E-state index contributed by atoms with van der Waals surface area (Å²) < 4.78 is 13.2. The van der Waals surface area contributed by atoms with E-state index in [2.05, 4.69) is 5.32 Å². The summed E-state index contributed by atoms with van der Waals surface area (Å²) in [7, 11) is 0. The molecule has 1 heterocycles. The smallest absolute Gasteiger partial charge is 0.238 e. The van der Waals surface area contributed by atoms with Gasteiger partial charge in [-0.3, -0.25) is 9.69 Å². The molecule has 5 heteroatoms. The maximum absolute atomic E-state index is 13.2. The highest BCUT2D eigenvalue weighted by Gasteiger charge is 2.29. The summed E-state index contributed by atoms with van der Waals surface area (Å²) >= 11 is 0. The van der Waals surface area contributed by atoms with Crippen LogP contribution in [0.1, 0.15) is 25.3 Å². The number of benzene rings is 1. The van der Waals surface area contributed by atoms with Gasteiger partial charge >= 0.3 is 0 Å². The van der Waals surface area contributed by atoms with Gasteiger partial charge in [-0.2, -0.15) is 0 Å². The number of aliphatic hydroxyl groups is 1. The van der Waals surface area contributed by atoms with Crippen LogP contribution in [0.5, 0.6) is 0 Å². The Hall–Kier alpha value is -1.46. The van der Waals surface area contributed by atoms with Gasteiger partial charge in [0.2, 0.25) is 5.91 Å². The molecule has 110 valence electrons. The number of aryl methyl sites for hydroxylation is 1. The summed E-state index contributed by atoms with van der Waals surface area (Å²) in [6.45, 7) is 5.11. The molecule has 20 heavy (non-hydrogen) atoms. The third-order valence-electron chi connectivity index (χ3n) is 3.59. The fourth-order valence-electron chi connectivity index (χ4n) is 2.58. The van der Waals surface area contributed by atoms with Crippen LogP contribution in [0.2, 0.25) is 0 Å². The Labute approximate surface area is 118 Å². The Morgan fingerprint density at radius 3 is 3.00 bits per heavy atom. The van der Waals surface area contributed by atoms with Gasteiger partial charge in [0.05, 0.1) is 12.1 Å². The molecule has 1 aliphatic rings. The third-order valence-corrected chi connectivity index (χ3v) is 3.59. The normalized spacial score (nSPS) is 23.6. The van der Waals surface area contributed by atoms with Crippen molar-refractivity contribution in [3.63, 3.8) is 0 Å². The van der Waals surface area contributed by atoms with Crippen LogP contribution in [0.4, 0.5) is 10.1 Å². The van der Waals surface area contributed by atoms with E-state index in [-0.39, 0.29) is 18.3 Å². The molecule has 0 saturated carbocycles. The molecule has 1 fully saturated rings. The topological polar surface area (TPSA) is 52.6 Å². The summed E-state index contributed by atoms with van der Waals surface area (Å²) in [6, 6.07) is 4.32. The van der Waals surface area contributed by atoms with Gasteiger partial charge < -0.3 is 10.4 Å². The molecule has 1 saturated heterocycles. The van der Waals surface area contributed by atoms with Gasteiger partial charge in [0.15, 0.2) is 0 Å². The molecule has 0 aromatic heterocycles. The lowest BCUT2D eigenvalue weighted by Crippen LogP contribution is -2.48. The zero-order valence-corrected chi connectivity index (χ0v) is 11.9. The average molecular weight is 280 g/mol. The van der Waals surface area contributed by atoms with E-state index in [1.807, 2.05) is 11.8 Å². The number of nitrogens with one attached hydrogen (secondary N) is 1. The minimum atomic E-state index is -0.729. The standard InChI is InChI=1S/C15H21FN2O2/c1-11-4-5-12(16)8-13(11)17-14(19)9-18-7-3-6-15(2,20)10-18/h4-5,8,20H,3,6-7,9-10H2,1-2H3,(H,17,19). The van der Waals surface area contributed by atoms with Crippen molar-refractivity contribution in [1.29, 1.82) is 0 Å². The number of halogens is 1. The van der Waals surface area contributed by atoms with Gasteiger partial charge in [-0.05, 0) is 50.9 Å². The van der Waals surface area contributed by atoms with Gasteiger partial charge in [-0.25, -0.2) is 4.39 Å². The van der Waals surface area contributed by atoms with Gasteiger partial charge in [0, 0.05) is 12.2 Å². The molecule has 0 aliphatic carbocycles. The number of rotatable bonds is 3. The molecule has 2 N–H and O–H groups in total. The quantitative estimate of drug-likeness (QED) is 0.889. The number of hydrogen-bond donors (Lipinski definition) is 2. The summed E-state index contributed by atoms with van der Waals surface area (Å²) in [5.41, 5.74) is 0.594. The molecule has 0 spiro atoms. The molecular weight excluding hydrogens is 259 g/mol.